The fourth-order valence-electron chi connectivity index (χ4n) is 2.07. The van der Waals surface area contributed by atoms with Crippen LogP contribution in [0.25, 0.3) is 0 Å². The lowest BCUT2D eigenvalue weighted by Crippen LogP contribution is -2.39. The summed E-state index contributed by atoms with van der Waals surface area (Å²) in [7, 11) is -0.000539. The number of rotatable bonds is 8. The van der Waals surface area contributed by atoms with E-state index in [0.717, 1.165) is 37.5 Å². The Morgan fingerprint density at radius 1 is 1.29 bits per heavy atom. The van der Waals surface area contributed by atoms with Gasteiger partial charge in [0.2, 0.25) is 10.0 Å². The van der Waals surface area contributed by atoms with Gasteiger partial charge in [0.1, 0.15) is 0 Å². The number of halogens is 1. The van der Waals surface area contributed by atoms with Gasteiger partial charge >= 0.3 is 0 Å². The third kappa shape index (κ3) is 7.35. The van der Waals surface area contributed by atoms with Crippen LogP contribution in [-0.4, -0.2) is 46.5 Å². The zero-order valence-electron chi connectivity index (χ0n) is 14.9. The van der Waals surface area contributed by atoms with Crippen molar-refractivity contribution in [1.82, 2.24) is 14.9 Å². The number of guanidine groups is 1. The standard InChI is InChI=1S/C16H28N4O2S.HI/c1-5-7-11-20(4)16(18-6-2)19-13-14-9-8-10-15(12-14)23(21,22)17-3;/h8-10,12,17H,5-7,11,13H2,1-4H3,(H,18,19);1H. The Bertz CT molecular complexity index is 620. The maximum absolute atomic E-state index is 11.9. The molecule has 0 spiro atoms. The number of sulfonamides is 1. The summed E-state index contributed by atoms with van der Waals surface area (Å²) in [6.45, 7) is 6.36. The van der Waals surface area contributed by atoms with Crippen LogP contribution in [0.4, 0.5) is 0 Å². The minimum absolute atomic E-state index is 0. The van der Waals surface area contributed by atoms with E-state index in [1.165, 1.54) is 7.05 Å². The first kappa shape index (κ1) is 23.1. The van der Waals surface area contributed by atoms with E-state index < -0.39 is 10.0 Å². The van der Waals surface area contributed by atoms with E-state index in [2.05, 4.69) is 26.9 Å². The zero-order valence-corrected chi connectivity index (χ0v) is 18.0. The fourth-order valence-corrected chi connectivity index (χ4v) is 2.87. The molecule has 0 heterocycles. The first-order valence-corrected chi connectivity index (χ1v) is 9.44. The van der Waals surface area contributed by atoms with Crippen molar-refractivity contribution in [2.45, 2.75) is 38.1 Å². The van der Waals surface area contributed by atoms with Gasteiger partial charge in [-0.15, -0.1) is 24.0 Å². The van der Waals surface area contributed by atoms with Crippen LogP contribution < -0.4 is 10.0 Å². The quantitative estimate of drug-likeness (QED) is 0.349. The molecule has 138 valence electrons. The molecular weight excluding hydrogens is 439 g/mol. The molecule has 0 unspecified atom stereocenters. The largest absolute Gasteiger partial charge is 0.357 e. The molecule has 0 aliphatic carbocycles. The second kappa shape index (κ2) is 11.6. The highest BCUT2D eigenvalue weighted by molar-refractivity contribution is 14.0. The first-order valence-electron chi connectivity index (χ1n) is 7.96. The van der Waals surface area contributed by atoms with Crippen molar-refractivity contribution in [3.8, 4) is 0 Å². The zero-order chi connectivity index (χ0) is 17.3. The molecule has 0 atom stereocenters. The Morgan fingerprint density at radius 3 is 2.58 bits per heavy atom. The number of nitrogens with one attached hydrogen (secondary N) is 2. The monoisotopic (exact) mass is 468 g/mol. The molecule has 0 radical (unpaired) electrons. The molecule has 1 aromatic carbocycles. The van der Waals surface area contributed by atoms with E-state index in [-0.39, 0.29) is 28.9 Å². The summed E-state index contributed by atoms with van der Waals surface area (Å²) < 4.78 is 26.0. The van der Waals surface area contributed by atoms with Crippen LogP contribution in [0.2, 0.25) is 0 Å². The van der Waals surface area contributed by atoms with Crippen LogP contribution in [0.3, 0.4) is 0 Å². The Hall–Kier alpha value is -0.870. The van der Waals surface area contributed by atoms with Crippen molar-refractivity contribution in [2.75, 3.05) is 27.2 Å². The van der Waals surface area contributed by atoms with Gasteiger partial charge in [0.05, 0.1) is 11.4 Å². The number of hydrogen-bond acceptors (Lipinski definition) is 3. The maximum atomic E-state index is 11.9. The average molecular weight is 468 g/mol. The minimum atomic E-state index is -3.42. The second-order valence-electron chi connectivity index (χ2n) is 5.30. The van der Waals surface area contributed by atoms with Gasteiger partial charge in [-0.25, -0.2) is 18.1 Å². The SMILES string of the molecule is CCCCN(C)C(=NCc1cccc(S(=O)(=O)NC)c1)NCC.I. The van der Waals surface area contributed by atoms with Crippen molar-refractivity contribution in [2.24, 2.45) is 4.99 Å². The molecule has 2 N–H and O–H groups in total. The molecule has 0 fully saturated rings. The van der Waals surface area contributed by atoms with Gasteiger partial charge in [0.15, 0.2) is 5.96 Å². The molecule has 0 saturated heterocycles. The third-order valence-corrected chi connectivity index (χ3v) is 4.84. The third-order valence-electron chi connectivity index (χ3n) is 3.43. The van der Waals surface area contributed by atoms with Gasteiger partial charge in [-0.1, -0.05) is 25.5 Å². The summed E-state index contributed by atoms with van der Waals surface area (Å²) in [5.41, 5.74) is 0.862. The molecule has 1 rings (SSSR count). The number of unbranched alkanes of at least 4 members (excludes halogenated alkanes) is 1. The van der Waals surface area contributed by atoms with Gasteiger partial charge in [-0.05, 0) is 38.1 Å². The Kier molecular flexibility index (Phi) is 11.2. The van der Waals surface area contributed by atoms with E-state index in [1.807, 2.05) is 20.0 Å². The molecular formula is C16H29IN4O2S. The van der Waals surface area contributed by atoms with E-state index >= 15 is 0 Å². The van der Waals surface area contributed by atoms with Crippen LogP contribution >= 0.6 is 24.0 Å². The topological polar surface area (TPSA) is 73.8 Å². The van der Waals surface area contributed by atoms with Crippen molar-refractivity contribution < 1.29 is 8.42 Å². The average Bonchev–Trinajstić information content (AvgIpc) is 2.56. The van der Waals surface area contributed by atoms with Crippen LogP contribution in [0.1, 0.15) is 32.3 Å². The van der Waals surface area contributed by atoms with Gasteiger partial charge in [0.25, 0.3) is 0 Å². The lowest BCUT2D eigenvalue weighted by molar-refractivity contribution is 0.465. The minimum Gasteiger partial charge on any atom is -0.357 e. The number of benzene rings is 1. The maximum Gasteiger partial charge on any atom is 0.240 e. The van der Waals surface area contributed by atoms with Crippen molar-refractivity contribution >= 4 is 40.0 Å². The second-order valence-corrected chi connectivity index (χ2v) is 7.19. The van der Waals surface area contributed by atoms with Crippen molar-refractivity contribution in [3.05, 3.63) is 29.8 Å². The number of aliphatic imine (C=N–C) groups is 1. The van der Waals surface area contributed by atoms with Crippen molar-refractivity contribution in [1.29, 1.82) is 0 Å². The van der Waals surface area contributed by atoms with Gasteiger partial charge < -0.3 is 10.2 Å². The Morgan fingerprint density at radius 2 is 2.00 bits per heavy atom. The van der Waals surface area contributed by atoms with E-state index in [9.17, 15) is 8.42 Å². The number of hydrogen-bond donors (Lipinski definition) is 2. The molecule has 0 saturated carbocycles. The van der Waals surface area contributed by atoms with Crippen LogP contribution in [0.15, 0.2) is 34.2 Å². The molecule has 8 heteroatoms. The highest BCUT2D eigenvalue weighted by Gasteiger charge is 2.11. The summed E-state index contributed by atoms with van der Waals surface area (Å²) in [4.78, 5) is 6.96. The summed E-state index contributed by atoms with van der Waals surface area (Å²) >= 11 is 0. The summed E-state index contributed by atoms with van der Waals surface area (Å²) in [6, 6.07) is 6.86. The van der Waals surface area contributed by atoms with Crippen LogP contribution in [-0.2, 0) is 16.6 Å². The Labute approximate surface area is 163 Å². The lowest BCUT2D eigenvalue weighted by Gasteiger charge is -2.21. The highest BCUT2D eigenvalue weighted by atomic mass is 127. The number of nitrogens with zero attached hydrogens (tertiary/aromatic N) is 2. The van der Waals surface area contributed by atoms with Crippen molar-refractivity contribution in [3.63, 3.8) is 0 Å². The predicted molar refractivity (Wildman–Crippen MR) is 110 cm³/mol. The molecule has 0 aliphatic heterocycles. The molecule has 24 heavy (non-hydrogen) atoms. The van der Waals surface area contributed by atoms with Gasteiger partial charge in [-0.2, -0.15) is 0 Å². The normalized spacial score (nSPS) is 11.8. The van der Waals surface area contributed by atoms with E-state index in [0.29, 0.717) is 6.54 Å². The lowest BCUT2D eigenvalue weighted by atomic mass is 10.2. The van der Waals surface area contributed by atoms with Gasteiger partial charge in [-0.3, -0.25) is 0 Å². The smallest absolute Gasteiger partial charge is 0.240 e. The van der Waals surface area contributed by atoms with Gasteiger partial charge in [0, 0.05) is 20.1 Å². The molecule has 1 aromatic rings. The molecule has 0 aliphatic rings. The van der Waals surface area contributed by atoms with Crippen LogP contribution in [0, 0.1) is 0 Å². The fraction of sp³-hybridized carbons (Fsp3) is 0.562. The highest BCUT2D eigenvalue weighted by Crippen LogP contribution is 2.12. The molecule has 6 nitrogen and oxygen atoms in total. The molecule has 0 aromatic heterocycles. The van der Waals surface area contributed by atoms with E-state index in [1.54, 1.807) is 18.2 Å². The summed E-state index contributed by atoms with van der Waals surface area (Å²) in [5, 5.41) is 3.26. The summed E-state index contributed by atoms with van der Waals surface area (Å²) in [5.74, 6) is 0.836. The van der Waals surface area contributed by atoms with Crippen LogP contribution in [0.5, 0.6) is 0 Å². The first-order chi connectivity index (χ1) is 10.9. The van der Waals surface area contributed by atoms with E-state index in [4.69, 9.17) is 0 Å². The summed E-state index contributed by atoms with van der Waals surface area (Å²) in [6.07, 6.45) is 2.24. The predicted octanol–water partition coefficient (Wildman–Crippen LogP) is 2.41. The molecule has 0 bridgehead atoms. The Balaban J connectivity index is 0.00000529. The molecule has 0 amide bonds.